The Kier molecular flexibility index (Phi) is 6.70. The Balaban J connectivity index is 1.59. The van der Waals surface area contributed by atoms with E-state index in [2.05, 4.69) is 0 Å². The molecular formula is C24H17ClF3N3O4S. The van der Waals surface area contributed by atoms with Crippen LogP contribution in [-0.4, -0.2) is 20.9 Å². The molecule has 1 aliphatic heterocycles. The predicted molar refractivity (Wildman–Crippen MR) is 125 cm³/mol. The van der Waals surface area contributed by atoms with Crippen molar-refractivity contribution in [2.45, 2.75) is 23.4 Å². The number of nitrogens with two attached hydrogens (primary N) is 1. The highest BCUT2D eigenvalue weighted by atomic mass is 35.5. The molecule has 0 unspecified atom stereocenters. The molecule has 0 aliphatic carbocycles. The maximum Gasteiger partial charge on any atom is 0.416 e. The summed E-state index contributed by atoms with van der Waals surface area (Å²) in [5, 5.41) is 14.5. The van der Waals surface area contributed by atoms with Crippen LogP contribution in [-0.2, 0) is 21.0 Å². The van der Waals surface area contributed by atoms with Gasteiger partial charge in [-0.1, -0.05) is 17.7 Å². The molecular weight excluding hydrogens is 519 g/mol. The number of benzene rings is 3. The first-order valence-corrected chi connectivity index (χ1v) is 12.3. The number of carbonyl (C=O) groups excluding carboxylic acids is 1. The van der Waals surface area contributed by atoms with Crippen LogP contribution in [0.5, 0.6) is 11.5 Å². The SMILES string of the molecule is N#Cc1ccc(C(F)(F)F)cc1Oc1cc([C@H]2CC(=O)N(c3ccc(S(N)(=O)=O)cc3)C2)ccc1Cl. The number of anilines is 1. The number of carbonyl (C=O) groups is 1. The Hall–Kier alpha value is -3.59. The Morgan fingerprint density at radius 2 is 1.75 bits per heavy atom. The van der Waals surface area contributed by atoms with Crippen molar-refractivity contribution in [1.82, 2.24) is 0 Å². The summed E-state index contributed by atoms with van der Waals surface area (Å²) in [6, 6.07) is 14.6. The van der Waals surface area contributed by atoms with Crippen LogP contribution in [0.2, 0.25) is 5.02 Å². The van der Waals surface area contributed by atoms with E-state index in [4.69, 9.17) is 21.5 Å². The second-order valence-corrected chi connectivity index (χ2v) is 10.0. The highest BCUT2D eigenvalue weighted by Gasteiger charge is 2.33. The van der Waals surface area contributed by atoms with Gasteiger partial charge in [-0.25, -0.2) is 13.6 Å². The first-order chi connectivity index (χ1) is 16.9. The third-order valence-electron chi connectivity index (χ3n) is 5.68. The van der Waals surface area contributed by atoms with Crippen LogP contribution >= 0.6 is 11.6 Å². The molecule has 3 aromatic rings. The first kappa shape index (κ1) is 25.5. The van der Waals surface area contributed by atoms with Crippen LogP contribution in [0.25, 0.3) is 0 Å². The zero-order valence-corrected chi connectivity index (χ0v) is 19.9. The van der Waals surface area contributed by atoms with Crippen LogP contribution in [0.3, 0.4) is 0 Å². The van der Waals surface area contributed by atoms with E-state index in [-0.39, 0.29) is 51.8 Å². The quantitative estimate of drug-likeness (QED) is 0.483. The Morgan fingerprint density at radius 3 is 2.36 bits per heavy atom. The molecule has 7 nitrogen and oxygen atoms in total. The minimum Gasteiger partial charge on any atom is -0.454 e. The van der Waals surface area contributed by atoms with Crippen LogP contribution in [0.15, 0.2) is 65.6 Å². The lowest BCUT2D eigenvalue weighted by molar-refractivity contribution is -0.137. The lowest BCUT2D eigenvalue weighted by atomic mass is 9.98. The van der Waals surface area contributed by atoms with E-state index < -0.39 is 21.8 Å². The first-order valence-electron chi connectivity index (χ1n) is 10.4. The van der Waals surface area contributed by atoms with Gasteiger partial charge in [0.1, 0.15) is 17.6 Å². The molecule has 2 N–H and O–H groups in total. The van der Waals surface area contributed by atoms with Crippen molar-refractivity contribution in [3.05, 3.63) is 82.4 Å². The van der Waals surface area contributed by atoms with Crippen molar-refractivity contribution < 1.29 is 31.1 Å². The van der Waals surface area contributed by atoms with Crippen molar-refractivity contribution in [3.63, 3.8) is 0 Å². The van der Waals surface area contributed by atoms with E-state index in [1.165, 1.54) is 41.3 Å². The van der Waals surface area contributed by atoms with E-state index in [9.17, 15) is 31.6 Å². The van der Waals surface area contributed by atoms with Crippen molar-refractivity contribution in [3.8, 4) is 17.6 Å². The monoisotopic (exact) mass is 535 g/mol. The maximum absolute atomic E-state index is 13.1. The number of primary sulfonamides is 1. The Bertz CT molecular complexity index is 1490. The fourth-order valence-corrected chi connectivity index (χ4v) is 4.51. The average Bonchev–Trinajstić information content (AvgIpc) is 3.21. The smallest absolute Gasteiger partial charge is 0.416 e. The summed E-state index contributed by atoms with van der Waals surface area (Å²) in [5.41, 5.74) is 0.0590. The van der Waals surface area contributed by atoms with Crippen LogP contribution in [0.1, 0.15) is 29.0 Å². The number of hydrogen-bond acceptors (Lipinski definition) is 5. The molecule has 1 saturated heterocycles. The molecule has 1 atom stereocenters. The van der Waals surface area contributed by atoms with E-state index in [0.29, 0.717) is 11.3 Å². The van der Waals surface area contributed by atoms with E-state index >= 15 is 0 Å². The van der Waals surface area contributed by atoms with Crippen molar-refractivity contribution >= 4 is 33.2 Å². The van der Waals surface area contributed by atoms with Gasteiger partial charge in [-0.05, 0) is 60.2 Å². The van der Waals surface area contributed by atoms with Crippen molar-refractivity contribution in [2.24, 2.45) is 5.14 Å². The third kappa shape index (κ3) is 5.31. The molecule has 3 aromatic carbocycles. The summed E-state index contributed by atoms with van der Waals surface area (Å²) in [7, 11) is -3.87. The zero-order chi connectivity index (χ0) is 26.3. The van der Waals surface area contributed by atoms with Gasteiger partial charge in [0.25, 0.3) is 0 Å². The van der Waals surface area contributed by atoms with Gasteiger partial charge in [-0.2, -0.15) is 18.4 Å². The number of sulfonamides is 1. The van der Waals surface area contributed by atoms with Gasteiger partial charge in [0.05, 0.1) is 21.0 Å². The van der Waals surface area contributed by atoms with Crippen molar-refractivity contribution in [1.29, 1.82) is 5.26 Å². The summed E-state index contributed by atoms with van der Waals surface area (Å²) < 4.78 is 68.0. The molecule has 36 heavy (non-hydrogen) atoms. The molecule has 12 heteroatoms. The molecule has 0 bridgehead atoms. The van der Waals surface area contributed by atoms with E-state index in [1.54, 1.807) is 12.1 Å². The van der Waals surface area contributed by atoms with Gasteiger partial charge in [-0.3, -0.25) is 4.79 Å². The highest BCUT2D eigenvalue weighted by Crippen LogP contribution is 2.39. The van der Waals surface area contributed by atoms with Gasteiger partial charge in [0, 0.05) is 24.6 Å². The second-order valence-electron chi connectivity index (χ2n) is 8.06. The number of halogens is 4. The number of nitriles is 1. The standard InChI is InChI=1S/C24H17ClF3N3O4S/c25-20-8-2-14(9-22(20)35-21-11-17(24(26,27)28)3-1-15(21)12-29)16-10-23(32)31(13-16)18-4-6-19(7-5-18)36(30,33)34/h1-9,11,16H,10,13H2,(H2,30,33,34)/t16-/m0/s1. The molecule has 1 aliphatic rings. The number of nitrogens with zero attached hydrogens (tertiary/aromatic N) is 2. The van der Waals surface area contributed by atoms with Gasteiger partial charge < -0.3 is 9.64 Å². The Labute approximate surface area is 209 Å². The third-order valence-corrected chi connectivity index (χ3v) is 6.92. The summed E-state index contributed by atoms with van der Waals surface area (Å²) in [5.74, 6) is -0.767. The summed E-state index contributed by atoms with van der Waals surface area (Å²) in [6.45, 7) is 0.266. The van der Waals surface area contributed by atoms with Gasteiger partial charge >= 0.3 is 6.18 Å². The molecule has 1 amide bonds. The van der Waals surface area contributed by atoms with Crippen LogP contribution in [0, 0.1) is 11.3 Å². The lowest BCUT2D eigenvalue weighted by Gasteiger charge is -2.18. The minimum atomic E-state index is -4.63. The maximum atomic E-state index is 13.1. The predicted octanol–water partition coefficient (Wildman–Crippen LogP) is 5.19. The van der Waals surface area contributed by atoms with E-state index in [1.807, 2.05) is 0 Å². The van der Waals surface area contributed by atoms with Gasteiger partial charge in [-0.15, -0.1) is 0 Å². The largest absolute Gasteiger partial charge is 0.454 e. The summed E-state index contributed by atoms with van der Waals surface area (Å²) in [6.07, 6.45) is -4.50. The zero-order valence-electron chi connectivity index (χ0n) is 18.3. The lowest BCUT2D eigenvalue weighted by Crippen LogP contribution is -2.24. The van der Waals surface area contributed by atoms with Gasteiger partial charge in [0.2, 0.25) is 15.9 Å². The molecule has 1 fully saturated rings. The molecule has 4 rings (SSSR count). The number of alkyl halides is 3. The van der Waals surface area contributed by atoms with E-state index in [0.717, 1.165) is 18.2 Å². The molecule has 0 spiro atoms. The Morgan fingerprint density at radius 1 is 1.06 bits per heavy atom. The number of rotatable bonds is 5. The number of amides is 1. The minimum absolute atomic E-state index is 0.0356. The fourth-order valence-electron chi connectivity index (χ4n) is 3.84. The van der Waals surface area contributed by atoms with Crippen LogP contribution in [0.4, 0.5) is 18.9 Å². The normalized spacial score (nSPS) is 16.2. The van der Waals surface area contributed by atoms with Gasteiger partial charge in [0.15, 0.2) is 0 Å². The topological polar surface area (TPSA) is 113 Å². The highest BCUT2D eigenvalue weighted by molar-refractivity contribution is 7.89. The summed E-state index contributed by atoms with van der Waals surface area (Å²) in [4.78, 5) is 14.1. The molecule has 186 valence electrons. The molecule has 1 heterocycles. The number of ether oxygens (including phenoxy) is 1. The summed E-state index contributed by atoms with van der Waals surface area (Å²) >= 11 is 6.22. The van der Waals surface area contributed by atoms with Crippen LogP contribution < -0.4 is 14.8 Å². The molecule has 0 aromatic heterocycles. The number of hydrogen-bond donors (Lipinski definition) is 1. The molecule has 0 radical (unpaired) electrons. The van der Waals surface area contributed by atoms with Crippen molar-refractivity contribution in [2.75, 3.05) is 11.4 Å². The second kappa shape index (κ2) is 9.46. The average molecular weight is 536 g/mol. The molecule has 0 saturated carbocycles. The fraction of sp³-hybridized carbons (Fsp3) is 0.167.